The monoisotopic (exact) mass is 363 g/mol. The molecule has 3 aromatic rings. The van der Waals surface area contributed by atoms with Crippen molar-refractivity contribution in [3.05, 3.63) is 47.8 Å². The molecule has 0 unspecified atom stereocenters. The first-order valence-electron chi connectivity index (χ1n) is 9.56. The van der Waals surface area contributed by atoms with Crippen LogP contribution in [0.1, 0.15) is 42.8 Å². The Morgan fingerprint density at radius 2 is 1.93 bits per heavy atom. The third-order valence-corrected chi connectivity index (χ3v) is 5.40. The van der Waals surface area contributed by atoms with Crippen molar-refractivity contribution in [2.45, 2.75) is 46.1 Å². The molecule has 1 aliphatic heterocycles. The SMILES string of the molecule is CCn1cnnc1C1CCN(c2nc(-c3ccccn3)nc(C)c2C)CC1. The average Bonchev–Trinajstić information content (AvgIpc) is 3.19. The van der Waals surface area contributed by atoms with Gasteiger partial charge in [-0.2, -0.15) is 0 Å². The van der Waals surface area contributed by atoms with Crippen molar-refractivity contribution in [2.75, 3.05) is 18.0 Å². The van der Waals surface area contributed by atoms with E-state index in [1.54, 1.807) is 6.20 Å². The standard InChI is InChI=1S/C20H25N7/c1-4-26-13-22-25-20(26)16-8-11-27(12-9-16)19-14(2)15(3)23-18(24-19)17-7-5-6-10-21-17/h5-7,10,13,16H,4,8-9,11-12H2,1-3H3. The van der Waals surface area contributed by atoms with Crippen molar-refractivity contribution >= 4 is 5.82 Å². The molecule has 0 amide bonds. The lowest BCUT2D eigenvalue weighted by atomic mass is 9.95. The Kier molecular flexibility index (Phi) is 4.83. The first kappa shape index (κ1) is 17.6. The smallest absolute Gasteiger partial charge is 0.180 e. The van der Waals surface area contributed by atoms with Gasteiger partial charge in [-0.1, -0.05) is 6.07 Å². The third-order valence-electron chi connectivity index (χ3n) is 5.40. The van der Waals surface area contributed by atoms with Gasteiger partial charge in [0.1, 0.15) is 23.7 Å². The van der Waals surface area contributed by atoms with Gasteiger partial charge in [-0.15, -0.1) is 10.2 Å². The lowest BCUT2D eigenvalue weighted by molar-refractivity contribution is 0.465. The van der Waals surface area contributed by atoms with Crippen molar-refractivity contribution in [3.8, 4) is 11.5 Å². The molecule has 1 saturated heterocycles. The highest BCUT2D eigenvalue weighted by Crippen LogP contribution is 2.31. The van der Waals surface area contributed by atoms with Gasteiger partial charge in [0.05, 0.1) is 0 Å². The summed E-state index contributed by atoms with van der Waals surface area (Å²) in [5, 5.41) is 8.44. The van der Waals surface area contributed by atoms with E-state index in [4.69, 9.17) is 4.98 Å². The number of anilines is 1. The molecule has 4 heterocycles. The predicted molar refractivity (Wildman–Crippen MR) is 105 cm³/mol. The average molecular weight is 363 g/mol. The summed E-state index contributed by atoms with van der Waals surface area (Å²) in [5.41, 5.74) is 2.96. The maximum absolute atomic E-state index is 4.87. The molecule has 0 spiro atoms. The lowest BCUT2D eigenvalue weighted by Gasteiger charge is -2.33. The molecule has 3 aromatic heterocycles. The Morgan fingerprint density at radius 1 is 1.11 bits per heavy atom. The molecule has 7 heteroatoms. The summed E-state index contributed by atoms with van der Waals surface area (Å²) < 4.78 is 2.15. The van der Waals surface area contributed by atoms with Crippen molar-refractivity contribution in [2.24, 2.45) is 0 Å². The second kappa shape index (κ2) is 7.42. The minimum Gasteiger partial charge on any atom is -0.356 e. The second-order valence-corrected chi connectivity index (χ2v) is 7.03. The van der Waals surface area contributed by atoms with Gasteiger partial charge in [-0.05, 0) is 45.7 Å². The zero-order chi connectivity index (χ0) is 18.8. The van der Waals surface area contributed by atoms with E-state index in [9.17, 15) is 0 Å². The van der Waals surface area contributed by atoms with Crippen LogP contribution in [0.25, 0.3) is 11.5 Å². The molecule has 1 aliphatic rings. The molecule has 0 aliphatic carbocycles. The summed E-state index contributed by atoms with van der Waals surface area (Å²) >= 11 is 0. The number of aryl methyl sites for hydroxylation is 2. The van der Waals surface area contributed by atoms with E-state index in [0.29, 0.717) is 11.7 Å². The van der Waals surface area contributed by atoms with Crippen LogP contribution in [0.3, 0.4) is 0 Å². The molecule has 27 heavy (non-hydrogen) atoms. The van der Waals surface area contributed by atoms with Gasteiger partial charge in [0.15, 0.2) is 5.82 Å². The molecule has 0 N–H and O–H groups in total. The molecule has 140 valence electrons. The van der Waals surface area contributed by atoms with Crippen LogP contribution in [0, 0.1) is 13.8 Å². The number of hydrogen-bond acceptors (Lipinski definition) is 6. The Labute approximate surface area is 159 Å². The Hall–Kier alpha value is -2.83. The number of rotatable bonds is 4. The van der Waals surface area contributed by atoms with Gasteiger partial charge in [-0.25, -0.2) is 9.97 Å². The van der Waals surface area contributed by atoms with Gasteiger partial charge < -0.3 is 9.47 Å². The van der Waals surface area contributed by atoms with Crippen LogP contribution < -0.4 is 4.90 Å². The fourth-order valence-corrected chi connectivity index (χ4v) is 3.70. The largest absolute Gasteiger partial charge is 0.356 e. The molecule has 0 aromatic carbocycles. The zero-order valence-electron chi connectivity index (χ0n) is 16.1. The fraction of sp³-hybridized carbons (Fsp3) is 0.450. The maximum atomic E-state index is 4.87. The first-order chi connectivity index (χ1) is 13.2. The van der Waals surface area contributed by atoms with Crippen LogP contribution in [-0.2, 0) is 6.54 Å². The molecule has 4 rings (SSSR count). The van der Waals surface area contributed by atoms with Crippen LogP contribution in [0.4, 0.5) is 5.82 Å². The summed E-state index contributed by atoms with van der Waals surface area (Å²) in [6.45, 7) is 9.12. The van der Waals surface area contributed by atoms with E-state index >= 15 is 0 Å². The summed E-state index contributed by atoms with van der Waals surface area (Å²) in [6.07, 6.45) is 5.72. The minimum atomic E-state index is 0.460. The number of aromatic nitrogens is 6. The summed E-state index contributed by atoms with van der Waals surface area (Å²) in [7, 11) is 0. The fourth-order valence-electron chi connectivity index (χ4n) is 3.70. The van der Waals surface area contributed by atoms with Gasteiger partial charge >= 0.3 is 0 Å². The number of pyridine rings is 1. The van der Waals surface area contributed by atoms with E-state index < -0.39 is 0 Å². The van der Waals surface area contributed by atoms with Gasteiger partial charge in [0, 0.05) is 43.0 Å². The van der Waals surface area contributed by atoms with Gasteiger partial charge in [-0.3, -0.25) is 4.98 Å². The first-order valence-corrected chi connectivity index (χ1v) is 9.56. The third kappa shape index (κ3) is 3.41. The van der Waals surface area contributed by atoms with Gasteiger partial charge in [0.25, 0.3) is 0 Å². The van der Waals surface area contributed by atoms with Crippen LogP contribution in [0.5, 0.6) is 0 Å². The Balaban J connectivity index is 1.57. The molecule has 0 radical (unpaired) electrons. The van der Waals surface area contributed by atoms with E-state index in [-0.39, 0.29) is 0 Å². The maximum Gasteiger partial charge on any atom is 0.180 e. The van der Waals surface area contributed by atoms with Crippen molar-refractivity contribution in [3.63, 3.8) is 0 Å². The van der Waals surface area contributed by atoms with E-state index in [1.165, 1.54) is 0 Å². The molecule has 1 fully saturated rings. The van der Waals surface area contributed by atoms with Crippen LogP contribution in [-0.4, -0.2) is 42.8 Å². The zero-order valence-corrected chi connectivity index (χ0v) is 16.1. The highest BCUT2D eigenvalue weighted by Gasteiger charge is 2.26. The van der Waals surface area contributed by atoms with Crippen molar-refractivity contribution < 1.29 is 0 Å². The van der Waals surface area contributed by atoms with Crippen molar-refractivity contribution in [1.29, 1.82) is 0 Å². The highest BCUT2D eigenvalue weighted by molar-refractivity contribution is 5.57. The highest BCUT2D eigenvalue weighted by atomic mass is 15.3. The Bertz CT molecular complexity index is 911. The van der Waals surface area contributed by atoms with E-state index in [0.717, 1.165) is 61.1 Å². The van der Waals surface area contributed by atoms with Crippen LogP contribution >= 0.6 is 0 Å². The topological polar surface area (TPSA) is 72.6 Å². The van der Waals surface area contributed by atoms with Crippen molar-refractivity contribution in [1.82, 2.24) is 29.7 Å². The molecule has 0 bridgehead atoms. The molecule has 0 saturated carbocycles. The van der Waals surface area contributed by atoms with E-state index in [1.807, 2.05) is 31.5 Å². The normalized spacial score (nSPS) is 15.3. The number of piperidine rings is 1. The quantitative estimate of drug-likeness (QED) is 0.709. The molecular formula is C20H25N7. The predicted octanol–water partition coefficient (Wildman–Crippen LogP) is 3.15. The summed E-state index contributed by atoms with van der Waals surface area (Å²) in [5.74, 6) is 3.30. The molecule has 0 atom stereocenters. The van der Waals surface area contributed by atoms with Crippen LogP contribution in [0.15, 0.2) is 30.7 Å². The summed E-state index contributed by atoms with van der Waals surface area (Å²) in [4.78, 5) is 16.3. The minimum absolute atomic E-state index is 0.460. The van der Waals surface area contributed by atoms with E-state index in [2.05, 4.69) is 43.5 Å². The lowest BCUT2D eigenvalue weighted by Crippen LogP contribution is -2.35. The van der Waals surface area contributed by atoms with Gasteiger partial charge in [0.2, 0.25) is 0 Å². The summed E-state index contributed by atoms with van der Waals surface area (Å²) in [6, 6.07) is 5.83. The number of hydrogen-bond donors (Lipinski definition) is 0. The molecular weight excluding hydrogens is 338 g/mol. The van der Waals surface area contributed by atoms with Crippen LogP contribution in [0.2, 0.25) is 0 Å². The Morgan fingerprint density at radius 3 is 2.63 bits per heavy atom. The number of nitrogens with zero attached hydrogens (tertiary/aromatic N) is 7. The second-order valence-electron chi connectivity index (χ2n) is 7.03. The molecule has 7 nitrogen and oxygen atoms in total.